The Morgan fingerprint density at radius 2 is 2.30 bits per heavy atom. The minimum atomic E-state index is -0.631. The van der Waals surface area contributed by atoms with Gasteiger partial charge in [0.25, 0.3) is 0 Å². The van der Waals surface area contributed by atoms with Crippen molar-refractivity contribution in [2.45, 2.75) is 31.9 Å². The van der Waals surface area contributed by atoms with Gasteiger partial charge in [0, 0.05) is 46.5 Å². The second-order valence-corrected chi connectivity index (χ2v) is 6.95. The molecular formula is C17H26N4O2. The number of nitrogens with one attached hydrogen (secondary N) is 1. The first-order chi connectivity index (χ1) is 11.0. The Labute approximate surface area is 137 Å². The molecular weight excluding hydrogens is 292 g/mol. The number of amides is 1. The van der Waals surface area contributed by atoms with Crippen molar-refractivity contribution >= 4 is 11.7 Å². The monoisotopic (exact) mass is 318 g/mol. The van der Waals surface area contributed by atoms with Crippen LogP contribution in [0.1, 0.15) is 24.8 Å². The zero-order chi connectivity index (χ0) is 16.4. The molecule has 2 N–H and O–H groups in total. The molecule has 0 bridgehead atoms. The second-order valence-electron chi connectivity index (χ2n) is 6.95. The molecule has 0 unspecified atom stereocenters. The fourth-order valence-electron chi connectivity index (χ4n) is 3.70. The van der Waals surface area contributed by atoms with Crippen LogP contribution in [-0.4, -0.2) is 60.7 Å². The standard InChI is InChI=1S/C17H26N4O2/c1-20(2)15-5-4-13(10-19-15)11-21-9-6-14(22)17(12-21)7-3-8-18-16(17)23/h4-5,10,14,22H,3,6-9,11-12H2,1-2H3,(H,18,23)/t14-,17-/m1/s1. The van der Waals surface area contributed by atoms with Gasteiger partial charge in [-0.15, -0.1) is 0 Å². The van der Waals surface area contributed by atoms with Gasteiger partial charge in [0.2, 0.25) is 5.91 Å². The van der Waals surface area contributed by atoms with E-state index in [1.54, 1.807) is 0 Å². The summed E-state index contributed by atoms with van der Waals surface area (Å²) in [4.78, 5) is 21.1. The molecule has 3 rings (SSSR count). The molecule has 0 aromatic carbocycles. The van der Waals surface area contributed by atoms with Gasteiger partial charge >= 0.3 is 0 Å². The van der Waals surface area contributed by atoms with Crippen molar-refractivity contribution in [3.8, 4) is 0 Å². The summed E-state index contributed by atoms with van der Waals surface area (Å²) in [5.41, 5.74) is 0.506. The van der Waals surface area contributed by atoms with E-state index in [-0.39, 0.29) is 5.91 Å². The minimum absolute atomic E-state index is 0.0158. The first-order valence-corrected chi connectivity index (χ1v) is 8.32. The van der Waals surface area contributed by atoms with E-state index in [0.29, 0.717) is 13.0 Å². The first kappa shape index (κ1) is 16.2. The summed E-state index contributed by atoms with van der Waals surface area (Å²) in [5.74, 6) is 0.952. The second kappa shape index (κ2) is 6.45. The van der Waals surface area contributed by atoms with Crippen molar-refractivity contribution in [1.29, 1.82) is 0 Å². The van der Waals surface area contributed by atoms with Crippen molar-refractivity contribution in [2.75, 3.05) is 38.6 Å². The number of rotatable bonds is 3. The first-order valence-electron chi connectivity index (χ1n) is 8.32. The molecule has 0 aliphatic carbocycles. The Hall–Kier alpha value is -1.66. The topological polar surface area (TPSA) is 68.7 Å². The zero-order valence-electron chi connectivity index (χ0n) is 14.0. The lowest BCUT2D eigenvalue weighted by atomic mass is 9.71. The molecule has 2 aliphatic rings. The molecule has 3 heterocycles. The molecule has 2 saturated heterocycles. The fourth-order valence-corrected chi connectivity index (χ4v) is 3.70. The van der Waals surface area contributed by atoms with Crippen molar-refractivity contribution in [1.82, 2.24) is 15.2 Å². The molecule has 6 nitrogen and oxygen atoms in total. The third-order valence-corrected chi connectivity index (χ3v) is 5.07. The number of aliphatic hydroxyl groups excluding tert-OH is 1. The van der Waals surface area contributed by atoms with E-state index in [9.17, 15) is 9.90 Å². The highest BCUT2D eigenvalue weighted by molar-refractivity contribution is 5.84. The maximum atomic E-state index is 12.4. The third-order valence-electron chi connectivity index (χ3n) is 5.07. The van der Waals surface area contributed by atoms with Gasteiger partial charge in [0.1, 0.15) is 5.82 Å². The predicted octanol–water partition coefficient (Wildman–Crippen LogP) is 0.611. The van der Waals surface area contributed by atoms with E-state index in [1.165, 1.54) is 0 Å². The number of piperidine rings is 2. The van der Waals surface area contributed by atoms with Crippen LogP contribution < -0.4 is 10.2 Å². The normalized spacial score (nSPS) is 28.7. The number of carbonyl (C=O) groups excluding carboxylic acids is 1. The van der Waals surface area contributed by atoms with Crippen LogP contribution in [0.15, 0.2) is 18.3 Å². The molecule has 1 amide bonds. The molecule has 6 heteroatoms. The van der Waals surface area contributed by atoms with Gasteiger partial charge in [0.05, 0.1) is 11.5 Å². The van der Waals surface area contributed by atoms with Crippen molar-refractivity contribution in [3.05, 3.63) is 23.9 Å². The van der Waals surface area contributed by atoms with Gasteiger partial charge < -0.3 is 15.3 Å². The molecule has 0 saturated carbocycles. The van der Waals surface area contributed by atoms with Crippen LogP contribution >= 0.6 is 0 Å². The molecule has 1 aromatic rings. The number of aliphatic hydroxyl groups is 1. The van der Waals surface area contributed by atoms with E-state index in [0.717, 1.165) is 43.9 Å². The number of carbonyl (C=O) groups is 1. The average molecular weight is 318 g/mol. The number of nitrogens with zero attached hydrogens (tertiary/aromatic N) is 3. The molecule has 1 spiro atoms. The number of hydrogen-bond acceptors (Lipinski definition) is 5. The van der Waals surface area contributed by atoms with Crippen molar-refractivity contribution < 1.29 is 9.90 Å². The number of aromatic nitrogens is 1. The predicted molar refractivity (Wildman–Crippen MR) is 89.1 cm³/mol. The highest BCUT2D eigenvalue weighted by atomic mass is 16.3. The smallest absolute Gasteiger partial charge is 0.230 e. The highest BCUT2D eigenvalue weighted by Crippen LogP contribution is 2.37. The van der Waals surface area contributed by atoms with Crippen LogP contribution in [-0.2, 0) is 11.3 Å². The van der Waals surface area contributed by atoms with Crippen LogP contribution in [0.5, 0.6) is 0 Å². The van der Waals surface area contributed by atoms with Gasteiger partial charge in [-0.1, -0.05) is 6.07 Å². The van der Waals surface area contributed by atoms with E-state index in [2.05, 4.69) is 21.3 Å². The Morgan fingerprint density at radius 3 is 2.96 bits per heavy atom. The molecule has 2 aliphatic heterocycles. The number of hydrogen-bond donors (Lipinski definition) is 2. The van der Waals surface area contributed by atoms with Crippen molar-refractivity contribution in [3.63, 3.8) is 0 Å². The number of pyridine rings is 1. The maximum absolute atomic E-state index is 12.4. The summed E-state index contributed by atoms with van der Waals surface area (Å²) in [6.45, 7) is 2.92. The van der Waals surface area contributed by atoms with Gasteiger partial charge in [-0.05, 0) is 30.9 Å². The van der Waals surface area contributed by atoms with Crippen LogP contribution in [0.25, 0.3) is 0 Å². The van der Waals surface area contributed by atoms with E-state index in [4.69, 9.17) is 0 Å². The number of anilines is 1. The SMILES string of the molecule is CN(C)c1ccc(CN2CC[C@@H](O)[C@@]3(CCCNC3=O)C2)cn1. The largest absolute Gasteiger partial charge is 0.392 e. The van der Waals surface area contributed by atoms with E-state index in [1.807, 2.05) is 31.3 Å². The summed E-state index contributed by atoms with van der Waals surface area (Å²) < 4.78 is 0. The third kappa shape index (κ3) is 3.19. The maximum Gasteiger partial charge on any atom is 0.230 e. The van der Waals surface area contributed by atoms with Gasteiger partial charge in [-0.2, -0.15) is 0 Å². The van der Waals surface area contributed by atoms with Crippen molar-refractivity contribution in [2.24, 2.45) is 5.41 Å². The summed E-state index contributed by atoms with van der Waals surface area (Å²) in [5, 5.41) is 13.4. The van der Waals surface area contributed by atoms with Crippen LogP contribution in [0.2, 0.25) is 0 Å². The Bertz CT molecular complexity index is 560. The fraction of sp³-hybridized carbons (Fsp3) is 0.647. The van der Waals surface area contributed by atoms with Gasteiger partial charge in [-0.25, -0.2) is 4.98 Å². The van der Waals surface area contributed by atoms with Crippen LogP contribution in [0, 0.1) is 5.41 Å². The summed E-state index contributed by atoms with van der Waals surface area (Å²) in [6.07, 6.45) is 3.72. The van der Waals surface area contributed by atoms with Crippen LogP contribution in [0.3, 0.4) is 0 Å². The summed E-state index contributed by atoms with van der Waals surface area (Å²) in [6, 6.07) is 4.10. The van der Waals surface area contributed by atoms with Gasteiger partial charge in [0.15, 0.2) is 0 Å². The van der Waals surface area contributed by atoms with E-state index >= 15 is 0 Å². The number of likely N-dealkylation sites (tertiary alicyclic amines) is 1. The highest BCUT2D eigenvalue weighted by Gasteiger charge is 2.49. The minimum Gasteiger partial charge on any atom is -0.392 e. The molecule has 126 valence electrons. The van der Waals surface area contributed by atoms with E-state index < -0.39 is 11.5 Å². The molecule has 2 fully saturated rings. The summed E-state index contributed by atoms with van der Waals surface area (Å²) >= 11 is 0. The average Bonchev–Trinajstić information content (AvgIpc) is 2.54. The molecule has 23 heavy (non-hydrogen) atoms. The Morgan fingerprint density at radius 1 is 1.48 bits per heavy atom. The van der Waals surface area contributed by atoms with Crippen LogP contribution in [0.4, 0.5) is 5.82 Å². The lowest BCUT2D eigenvalue weighted by molar-refractivity contribution is -0.149. The quantitative estimate of drug-likeness (QED) is 0.855. The molecule has 0 radical (unpaired) electrons. The molecule has 2 atom stereocenters. The molecule has 1 aromatic heterocycles. The zero-order valence-corrected chi connectivity index (χ0v) is 14.0. The lowest BCUT2D eigenvalue weighted by Crippen LogP contribution is -2.61. The summed E-state index contributed by atoms with van der Waals surface area (Å²) in [7, 11) is 3.94. The van der Waals surface area contributed by atoms with Gasteiger partial charge in [-0.3, -0.25) is 9.69 Å². The lowest BCUT2D eigenvalue weighted by Gasteiger charge is -2.47. The Kier molecular flexibility index (Phi) is 4.55. The Balaban J connectivity index is 1.70.